The van der Waals surface area contributed by atoms with Gasteiger partial charge in [-0.1, -0.05) is 43.0 Å². The SMILES string of the molecule is C=CCc1ccccc1OCCCn1c(CNC(=O)C(=C)C)nc2ccccc21. The molecular formula is C24H27N3O2. The molecule has 5 nitrogen and oxygen atoms in total. The number of para-hydroxylation sites is 3. The van der Waals surface area contributed by atoms with Crippen molar-refractivity contribution in [2.45, 2.75) is 32.9 Å². The lowest BCUT2D eigenvalue weighted by Crippen LogP contribution is -2.25. The molecule has 0 unspecified atom stereocenters. The summed E-state index contributed by atoms with van der Waals surface area (Å²) in [6, 6.07) is 16.0. The normalized spacial score (nSPS) is 10.7. The van der Waals surface area contributed by atoms with Crippen LogP contribution < -0.4 is 10.1 Å². The van der Waals surface area contributed by atoms with E-state index in [1.807, 2.05) is 48.5 Å². The molecule has 0 saturated heterocycles. The number of carbonyl (C=O) groups excluding carboxylic acids is 1. The van der Waals surface area contributed by atoms with Crippen LogP contribution in [0.25, 0.3) is 11.0 Å². The van der Waals surface area contributed by atoms with E-state index in [0.717, 1.165) is 47.6 Å². The number of amides is 1. The van der Waals surface area contributed by atoms with Crippen LogP contribution in [0.3, 0.4) is 0 Å². The van der Waals surface area contributed by atoms with Crippen molar-refractivity contribution in [1.82, 2.24) is 14.9 Å². The van der Waals surface area contributed by atoms with Crippen LogP contribution in [0.4, 0.5) is 0 Å². The van der Waals surface area contributed by atoms with E-state index in [1.165, 1.54) is 0 Å². The number of carbonyl (C=O) groups is 1. The van der Waals surface area contributed by atoms with Crippen LogP contribution in [0.5, 0.6) is 5.75 Å². The number of aryl methyl sites for hydroxylation is 1. The fourth-order valence-corrected chi connectivity index (χ4v) is 3.19. The lowest BCUT2D eigenvalue weighted by molar-refractivity contribution is -0.117. The summed E-state index contributed by atoms with van der Waals surface area (Å²) in [5, 5.41) is 2.88. The van der Waals surface area contributed by atoms with Gasteiger partial charge in [-0.25, -0.2) is 4.98 Å². The summed E-state index contributed by atoms with van der Waals surface area (Å²) in [4.78, 5) is 16.6. The van der Waals surface area contributed by atoms with E-state index in [1.54, 1.807) is 6.92 Å². The number of nitrogens with one attached hydrogen (secondary N) is 1. The molecule has 3 rings (SSSR count). The number of benzene rings is 2. The largest absolute Gasteiger partial charge is 0.493 e. The summed E-state index contributed by atoms with van der Waals surface area (Å²) in [6.45, 7) is 10.9. The number of hydrogen-bond acceptors (Lipinski definition) is 3. The number of ether oxygens (including phenoxy) is 1. The highest BCUT2D eigenvalue weighted by Crippen LogP contribution is 2.20. The van der Waals surface area contributed by atoms with Gasteiger partial charge in [-0.05, 0) is 43.5 Å². The van der Waals surface area contributed by atoms with Crippen LogP contribution in [0.15, 0.2) is 73.3 Å². The molecule has 1 heterocycles. The zero-order valence-corrected chi connectivity index (χ0v) is 16.9. The monoisotopic (exact) mass is 389 g/mol. The van der Waals surface area contributed by atoms with E-state index in [9.17, 15) is 4.79 Å². The van der Waals surface area contributed by atoms with E-state index >= 15 is 0 Å². The average Bonchev–Trinajstić information content (AvgIpc) is 3.08. The van der Waals surface area contributed by atoms with Crippen LogP contribution in [0, 0.1) is 0 Å². The summed E-state index contributed by atoms with van der Waals surface area (Å²) in [5.74, 6) is 1.57. The molecule has 0 fully saturated rings. The van der Waals surface area contributed by atoms with Crippen molar-refractivity contribution >= 4 is 16.9 Å². The maximum atomic E-state index is 11.9. The van der Waals surface area contributed by atoms with Gasteiger partial charge in [0.05, 0.1) is 24.2 Å². The van der Waals surface area contributed by atoms with Gasteiger partial charge < -0.3 is 14.6 Å². The smallest absolute Gasteiger partial charge is 0.246 e. The van der Waals surface area contributed by atoms with Crippen molar-refractivity contribution < 1.29 is 9.53 Å². The molecule has 2 aromatic carbocycles. The Morgan fingerprint density at radius 2 is 1.97 bits per heavy atom. The predicted molar refractivity (Wildman–Crippen MR) is 117 cm³/mol. The fourth-order valence-electron chi connectivity index (χ4n) is 3.19. The third-order valence-electron chi connectivity index (χ3n) is 4.65. The molecule has 0 atom stereocenters. The third-order valence-corrected chi connectivity index (χ3v) is 4.65. The average molecular weight is 389 g/mol. The summed E-state index contributed by atoms with van der Waals surface area (Å²) < 4.78 is 8.15. The van der Waals surface area contributed by atoms with E-state index < -0.39 is 0 Å². The van der Waals surface area contributed by atoms with Crippen LogP contribution in [-0.4, -0.2) is 22.1 Å². The van der Waals surface area contributed by atoms with Gasteiger partial charge in [0.15, 0.2) is 0 Å². The lowest BCUT2D eigenvalue weighted by atomic mass is 10.1. The molecule has 0 spiro atoms. The third kappa shape index (κ3) is 5.13. The van der Waals surface area contributed by atoms with Crippen molar-refractivity contribution in [3.8, 4) is 5.75 Å². The van der Waals surface area contributed by atoms with Crippen molar-refractivity contribution in [2.24, 2.45) is 0 Å². The Morgan fingerprint density at radius 3 is 2.76 bits per heavy atom. The van der Waals surface area contributed by atoms with Gasteiger partial charge in [0, 0.05) is 12.1 Å². The number of hydrogen-bond donors (Lipinski definition) is 1. The highest BCUT2D eigenvalue weighted by molar-refractivity contribution is 5.92. The molecule has 0 saturated carbocycles. The number of rotatable bonds is 10. The highest BCUT2D eigenvalue weighted by Gasteiger charge is 2.12. The molecule has 1 aromatic heterocycles. The standard InChI is InChI=1S/C24H27N3O2/c1-4-10-19-11-5-8-14-22(19)29-16-9-15-27-21-13-7-6-12-20(21)26-23(27)17-25-24(28)18(2)3/h4-8,11-14H,1-2,9-10,15-17H2,3H3,(H,25,28). The number of allylic oxidation sites excluding steroid dienone is 1. The second kappa shape index (κ2) is 9.73. The maximum Gasteiger partial charge on any atom is 0.246 e. The minimum atomic E-state index is -0.161. The molecule has 3 aromatic rings. The zero-order chi connectivity index (χ0) is 20.6. The van der Waals surface area contributed by atoms with Crippen LogP contribution in [0.1, 0.15) is 24.7 Å². The summed E-state index contributed by atoms with van der Waals surface area (Å²) in [6.07, 6.45) is 3.49. The Kier molecular flexibility index (Phi) is 6.85. The van der Waals surface area contributed by atoms with E-state index in [0.29, 0.717) is 18.7 Å². The van der Waals surface area contributed by atoms with Crippen molar-refractivity contribution in [3.05, 3.63) is 84.7 Å². The molecule has 0 radical (unpaired) electrons. The van der Waals surface area contributed by atoms with Crippen LogP contribution >= 0.6 is 0 Å². The van der Waals surface area contributed by atoms with Gasteiger partial charge >= 0.3 is 0 Å². The molecule has 0 aliphatic rings. The zero-order valence-electron chi connectivity index (χ0n) is 16.9. The number of nitrogens with zero attached hydrogens (tertiary/aromatic N) is 2. The molecule has 5 heteroatoms. The molecule has 0 bridgehead atoms. The number of fused-ring (bicyclic) bond motifs is 1. The Morgan fingerprint density at radius 1 is 1.21 bits per heavy atom. The predicted octanol–water partition coefficient (Wildman–Crippen LogP) is 4.43. The van der Waals surface area contributed by atoms with Crippen molar-refractivity contribution in [3.63, 3.8) is 0 Å². The molecule has 0 aliphatic carbocycles. The summed E-state index contributed by atoms with van der Waals surface area (Å²) in [5.41, 5.74) is 3.60. The molecule has 150 valence electrons. The van der Waals surface area contributed by atoms with Gasteiger partial charge in [-0.2, -0.15) is 0 Å². The number of aromatic nitrogens is 2. The van der Waals surface area contributed by atoms with E-state index in [4.69, 9.17) is 4.74 Å². The second-order valence-corrected chi connectivity index (χ2v) is 6.93. The van der Waals surface area contributed by atoms with Crippen molar-refractivity contribution in [1.29, 1.82) is 0 Å². The topological polar surface area (TPSA) is 56.1 Å². The summed E-state index contributed by atoms with van der Waals surface area (Å²) in [7, 11) is 0. The van der Waals surface area contributed by atoms with E-state index in [-0.39, 0.29) is 5.91 Å². The highest BCUT2D eigenvalue weighted by atomic mass is 16.5. The van der Waals surface area contributed by atoms with Gasteiger partial charge in [-0.15, -0.1) is 6.58 Å². The first-order chi connectivity index (χ1) is 14.1. The molecular weight excluding hydrogens is 362 g/mol. The Hall–Kier alpha value is -3.34. The number of imidazole rings is 1. The first-order valence-electron chi connectivity index (χ1n) is 9.79. The van der Waals surface area contributed by atoms with E-state index in [2.05, 4.69) is 34.1 Å². The first kappa shape index (κ1) is 20.4. The molecule has 1 N–H and O–H groups in total. The van der Waals surface area contributed by atoms with Gasteiger partial charge in [0.25, 0.3) is 0 Å². The second-order valence-electron chi connectivity index (χ2n) is 6.93. The molecule has 0 aliphatic heterocycles. The quantitative estimate of drug-likeness (QED) is 0.317. The Bertz CT molecular complexity index is 1020. The Balaban J connectivity index is 1.67. The van der Waals surface area contributed by atoms with Crippen molar-refractivity contribution in [2.75, 3.05) is 6.61 Å². The Labute approximate surface area is 171 Å². The van der Waals surface area contributed by atoms with Crippen LogP contribution in [0.2, 0.25) is 0 Å². The molecule has 1 amide bonds. The van der Waals surface area contributed by atoms with Gasteiger partial charge in [0.1, 0.15) is 11.6 Å². The van der Waals surface area contributed by atoms with Crippen LogP contribution in [-0.2, 0) is 24.3 Å². The lowest BCUT2D eigenvalue weighted by Gasteiger charge is -2.13. The summed E-state index contributed by atoms with van der Waals surface area (Å²) >= 11 is 0. The first-order valence-corrected chi connectivity index (χ1v) is 9.79. The maximum absolute atomic E-state index is 11.9. The van der Waals surface area contributed by atoms with Gasteiger partial charge in [0.2, 0.25) is 5.91 Å². The minimum Gasteiger partial charge on any atom is -0.493 e. The molecule has 29 heavy (non-hydrogen) atoms. The fraction of sp³-hybridized carbons (Fsp3) is 0.250. The minimum absolute atomic E-state index is 0.161. The van der Waals surface area contributed by atoms with Gasteiger partial charge in [-0.3, -0.25) is 4.79 Å².